The summed E-state index contributed by atoms with van der Waals surface area (Å²) in [6.45, 7) is 2.81. The SMILES string of the molecule is Cc1ccccc1CNC(=O)c1ccc(C#CCN)cn1. The third kappa shape index (κ3) is 4.16. The van der Waals surface area contributed by atoms with Gasteiger partial charge >= 0.3 is 0 Å². The van der Waals surface area contributed by atoms with Crippen LogP contribution in [-0.4, -0.2) is 17.4 Å². The van der Waals surface area contributed by atoms with Gasteiger partial charge in [0.15, 0.2) is 0 Å². The minimum absolute atomic E-state index is 0.198. The van der Waals surface area contributed by atoms with Crippen molar-refractivity contribution in [2.24, 2.45) is 5.73 Å². The molecule has 106 valence electrons. The van der Waals surface area contributed by atoms with E-state index >= 15 is 0 Å². The van der Waals surface area contributed by atoms with Crippen molar-refractivity contribution in [3.05, 3.63) is 65.0 Å². The maximum Gasteiger partial charge on any atom is 0.270 e. The summed E-state index contributed by atoms with van der Waals surface area (Å²) >= 11 is 0. The van der Waals surface area contributed by atoms with Crippen molar-refractivity contribution in [3.8, 4) is 11.8 Å². The first kappa shape index (κ1) is 14.8. The largest absolute Gasteiger partial charge is 0.347 e. The van der Waals surface area contributed by atoms with Gasteiger partial charge in [0.05, 0.1) is 6.54 Å². The fourth-order valence-corrected chi connectivity index (χ4v) is 1.83. The fourth-order valence-electron chi connectivity index (χ4n) is 1.83. The van der Waals surface area contributed by atoms with Crippen LogP contribution in [0.3, 0.4) is 0 Å². The highest BCUT2D eigenvalue weighted by Crippen LogP contribution is 2.06. The first-order valence-corrected chi connectivity index (χ1v) is 6.68. The zero-order chi connectivity index (χ0) is 15.1. The molecule has 4 heteroatoms. The lowest BCUT2D eigenvalue weighted by molar-refractivity contribution is 0.0946. The zero-order valence-corrected chi connectivity index (χ0v) is 11.9. The van der Waals surface area contributed by atoms with Crippen LogP contribution >= 0.6 is 0 Å². The summed E-state index contributed by atoms with van der Waals surface area (Å²) in [6, 6.07) is 11.4. The van der Waals surface area contributed by atoms with Crippen molar-refractivity contribution in [2.75, 3.05) is 6.54 Å². The monoisotopic (exact) mass is 279 g/mol. The van der Waals surface area contributed by atoms with Gasteiger partial charge in [-0.2, -0.15) is 0 Å². The van der Waals surface area contributed by atoms with Gasteiger partial charge < -0.3 is 11.1 Å². The number of pyridine rings is 1. The Kier molecular flexibility index (Phi) is 5.08. The zero-order valence-electron chi connectivity index (χ0n) is 11.9. The smallest absolute Gasteiger partial charge is 0.270 e. The van der Waals surface area contributed by atoms with E-state index in [1.807, 2.05) is 31.2 Å². The van der Waals surface area contributed by atoms with Crippen LogP contribution in [0.2, 0.25) is 0 Å². The number of rotatable bonds is 3. The molecule has 2 rings (SSSR count). The average molecular weight is 279 g/mol. The molecule has 4 nitrogen and oxygen atoms in total. The van der Waals surface area contributed by atoms with Crippen LogP contribution in [0.25, 0.3) is 0 Å². The van der Waals surface area contributed by atoms with Crippen molar-refractivity contribution in [3.63, 3.8) is 0 Å². The molecule has 0 bridgehead atoms. The molecule has 21 heavy (non-hydrogen) atoms. The Hall–Kier alpha value is -2.64. The molecule has 1 heterocycles. The number of hydrogen-bond acceptors (Lipinski definition) is 3. The summed E-state index contributed by atoms with van der Waals surface area (Å²) in [6.07, 6.45) is 1.57. The third-order valence-electron chi connectivity index (χ3n) is 3.03. The van der Waals surface area contributed by atoms with Crippen molar-refractivity contribution < 1.29 is 4.79 Å². The fraction of sp³-hybridized carbons (Fsp3) is 0.176. The number of hydrogen-bond donors (Lipinski definition) is 2. The lowest BCUT2D eigenvalue weighted by Gasteiger charge is -2.07. The number of carbonyl (C=O) groups is 1. The summed E-state index contributed by atoms with van der Waals surface area (Å²) < 4.78 is 0. The van der Waals surface area contributed by atoms with Crippen LogP contribution in [0.1, 0.15) is 27.2 Å². The first-order valence-electron chi connectivity index (χ1n) is 6.68. The molecular weight excluding hydrogens is 262 g/mol. The van der Waals surface area contributed by atoms with Gasteiger partial charge in [0.25, 0.3) is 5.91 Å². The van der Waals surface area contributed by atoms with E-state index in [2.05, 4.69) is 22.1 Å². The van der Waals surface area contributed by atoms with Crippen molar-refractivity contribution in [1.82, 2.24) is 10.3 Å². The maximum atomic E-state index is 12.0. The number of nitrogens with zero attached hydrogens (tertiary/aromatic N) is 1. The van der Waals surface area contributed by atoms with Crippen molar-refractivity contribution in [1.29, 1.82) is 0 Å². The molecule has 3 N–H and O–H groups in total. The van der Waals surface area contributed by atoms with Crippen LogP contribution in [0.4, 0.5) is 0 Å². The molecule has 2 aromatic rings. The number of amides is 1. The van der Waals surface area contributed by atoms with Crippen LogP contribution in [0, 0.1) is 18.8 Å². The standard InChI is InChI=1S/C17H17N3O/c1-13-5-2-3-7-15(13)12-20-17(21)16-9-8-14(11-19-16)6-4-10-18/h2-3,5,7-9,11H,10,12,18H2,1H3,(H,20,21). The van der Waals surface area contributed by atoms with E-state index in [4.69, 9.17) is 5.73 Å². The van der Waals surface area contributed by atoms with E-state index in [0.717, 1.165) is 16.7 Å². The molecule has 0 saturated heterocycles. The summed E-state index contributed by atoms with van der Waals surface area (Å²) in [7, 11) is 0. The Bertz CT molecular complexity index is 681. The molecule has 0 radical (unpaired) electrons. The third-order valence-corrected chi connectivity index (χ3v) is 3.03. The number of nitrogens with one attached hydrogen (secondary N) is 1. The first-order chi connectivity index (χ1) is 10.2. The molecule has 0 fully saturated rings. The lowest BCUT2D eigenvalue weighted by atomic mass is 10.1. The molecule has 0 spiro atoms. The van der Waals surface area contributed by atoms with E-state index in [-0.39, 0.29) is 5.91 Å². The highest BCUT2D eigenvalue weighted by Gasteiger charge is 2.07. The summed E-state index contributed by atoms with van der Waals surface area (Å²) in [5, 5.41) is 2.86. The van der Waals surface area contributed by atoms with E-state index in [9.17, 15) is 4.79 Å². The number of aryl methyl sites for hydroxylation is 1. The Morgan fingerprint density at radius 2 is 2.10 bits per heavy atom. The second-order valence-corrected chi connectivity index (χ2v) is 4.55. The molecule has 1 amide bonds. The van der Waals surface area contributed by atoms with Gasteiger partial charge in [-0.3, -0.25) is 4.79 Å². The molecular formula is C17H17N3O. The summed E-state index contributed by atoms with van der Waals surface area (Å²) in [5.74, 6) is 5.41. The molecule has 1 aromatic heterocycles. The normalized spacial score (nSPS) is 9.62. The lowest BCUT2D eigenvalue weighted by Crippen LogP contribution is -2.24. The molecule has 0 atom stereocenters. The highest BCUT2D eigenvalue weighted by molar-refractivity contribution is 5.92. The Morgan fingerprint density at radius 3 is 2.76 bits per heavy atom. The minimum atomic E-state index is -0.198. The predicted octanol–water partition coefficient (Wildman–Crippen LogP) is 1.63. The quantitative estimate of drug-likeness (QED) is 0.839. The number of carbonyl (C=O) groups excluding carboxylic acids is 1. The van der Waals surface area contributed by atoms with Gasteiger partial charge in [-0.1, -0.05) is 36.1 Å². The molecule has 0 aliphatic heterocycles. The van der Waals surface area contributed by atoms with Crippen LogP contribution in [-0.2, 0) is 6.54 Å². The Morgan fingerprint density at radius 1 is 1.29 bits per heavy atom. The molecule has 0 aliphatic carbocycles. The van der Waals surface area contributed by atoms with E-state index in [1.54, 1.807) is 18.3 Å². The predicted molar refractivity (Wildman–Crippen MR) is 82.5 cm³/mol. The Labute approximate surface area is 124 Å². The van der Waals surface area contributed by atoms with Crippen molar-refractivity contribution in [2.45, 2.75) is 13.5 Å². The molecule has 0 unspecified atom stereocenters. The second kappa shape index (κ2) is 7.22. The van der Waals surface area contributed by atoms with Crippen LogP contribution in [0.5, 0.6) is 0 Å². The second-order valence-electron chi connectivity index (χ2n) is 4.55. The number of benzene rings is 1. The van der Waals surface area contributed by atoms with Gasteiger partial charge in [-0.15, -0.1) is 0 Å². The van der Waals surface area contributed by atoms with E-state index in [0.29, 0.717) is 18.8 Å². The van der Waals surface area contributed by atoms with Gasteiger partial charge in [0.1, 0.15) is 5.69 Å². The topological polar surface area (TPSA) is 68.0 Å². The molecule has 0 saturated carbocycles. The van der Waals surface area contributed by atoms with E-state index in [1.165, 1.54) is 0 Å². The summed E-state index contributed by atoms with van der Waals surface area (Å²) in [5.41, 5.74) is 8.67. The van der Waals surface area contributed by atoms with Crippen LogP contribution in [0.15, 0.2) is 42.6 Å². The van der Waals surface area contributed by atoms with Crippen molar-refractivity contribution >= 4 is 5.91 Å². The average Bonchev–Trinajstić information content (AvgIpc) is 2.52. The molecule has 0 aliphatic rings. The van der Waals surface area contributed by atoms with Gasteiger partial charge in [0, 0.05) is 18.3 Å². The Balaban J connectivity index is 1.99. The van der Waals surface area contributed by atoms with Gasteiger partial charge in [-0.25, -0.2) is 4.98 Å². The summed E-state index contributed by atoms with van der Waals surface area (Å²) in [4.78, 5) is 16.1. The minimum Gasteiger partial charge on any atom is -0.347 e. The van der Waals surface area contributed by atoms with E-state index < -0.39 is 0 Å². The van der Waals surface area contributed by atoms with Gasteiger partial charge in [0.2, 0.25) is 0 Å². The number of aromatic nitrogens is 1. The van der Waals surface area contributed by atoms with Crippen LogP contribution < -0.4 is 11.1 Å². The molecule has 1 aromatic carbocycles. The highest BCUT2D eigenvalue weighted by atomic mass is 16.1. The maximum absolute atomic E-state index is 12.0. The number of nitrogens with two attached hydrogens (primary N) is 1. The van der Waals surface area contributed by atoms with Gasteiger partial charge in [-0.05, 0) is 30.2 Å².